The molecule has 1 aliphatic carbocycles. The van der Waals surface area contributed by atoms with Crippen LogP contribution in [-0.2, 0) is 6.42 Å². The summed E-state index contributed by atoms with van der Waals surface area (Å²) in [5, 5.41) is 3.60. The highest BCUT2D eigenvalue weighted by molar-refractivity contribution is 5.40. The number of hydrogen-bond acceptors (Lipinski definition) is 2. The van der Waals surface area contributed by atoms with Crippen molar-refractivity contribution in [3.8, 4) is 0 Å². The molecule has 1 aromatic carbocycles. The SMILES string of the molecule is CCNC(CC1Cc2ccccc21)c1ccncc1. The molecule has 1 N–H and O–H groups in total. The third-order valence-corrected chi connectivity index (χ3v) is 4.04. The van der Waals surface area contributed by atoms with E-state index in [2.05, 4.69) is 53.6 Å². The van der Waals surface area contributed by atoms with Gasteiger partial charge in [-0.2, -0.15) is 0 Å². The van der Waals surface area contributed by atoms with Crippen molar-refractivity contribution in [1.29, 1.82) is 0 Å². The molecule has 0 saturated heterocycles. The Morgan fingerprint density at radius 3 is 2.74 bits per heavy atom. The van der Waals surface area contributed by atoms with Crippen LogP contribution in [0.2, 0.25) is 0 Å². The fraction of sp³-hybridized carbons (Fsp3) is 0.353. The van der Waals surface area contributed by atoms with Crippen LogP contribution in [0.5, 0.6) is 0 Å². The maximum atomic E-state index is 4.11. The molecule has 0 aliphatic heterocycles. The van der Waals surface area contributed by atoms with Gasteiger partial charge in [-0.05, 0) is 54.1 Å². The van der Waals surface area contributed by atoms with Gasteiger partial charge in [0.05, 0.1) is 0 Å². The van der Waals surface area contributed by atoms with E-state index in [4.69, 9.17) is 0 Å². The van der Waals surface area contributed by atoms with E-state index in [1.54, 1.807) is 5.56 Å². The molecule has 2 aromatic rings. The van der Waals surface area contributed by atoms with Gasteiger partial charge < -0.3 is 5.32 Å². The van der Waals surface area contributed by atoms with E-state index in [1.165, 1.54) is 24.0 Å². The molecule has 0 bridgehead atoms. The lowest BCUT2D eigenvalue weighted by Gasteiger charge is -2.33. The summed E-state index contributed by atoms with van der Waals surface area (Å²) >= 11 is 0. The summed E-state index contributed by atoms with van der Waals surface area (Å²) in [5.41, 5.74) is 4.41. The zero-order valence-corrected chi connectivity index (χ0v) is 11.3. The fourth-order valence-electron chi connectivity index (χ4n) is 3.04. The molecule has 3 rings (SSSR count). The number of pyridine rings is 1. The van der Waals surface area contributed by atoms with Crippen LogP contribution >= 0.6 is 0 Å². The highest BCUT2D eigenvalue weighted by atomic mass is 14.9. The van der Waals surface area contributed by atoms with E-state index in [-0.39, 0.29) is 0 Å². The summed E-state index contributed by atoms with van der Waals surface area (Å²) in [6.07, 6.45) is 6.17. The highest BCUT2D eigenvalue weighted by Crippen LogP contribution is 2.40. The number of aromatic nitrogens is 1. The first-order valence-corrected chi connectivity index (χ1v) is 7.09. The number of fused-ring (bicyclic) bond motifs is 1. The Morgan fingerprint density at radius 2 is 2.00 bits per heavy atom. The zero-order valence-electron chi connectivity index (χ0n) is 11.3. The minimum Gasteiger partial charge on any atom is -0.310 e. The Kier molecular flexibility index (Phi) is 3.60. The molecule has 0 radical (unpaired) electrons. The zero-order chi connectivity index (χ0) is 13.1. The van der Waals surface area contributed by atoms with E-state index in [1.807, 2.05) is 12.4 Å². The number of hydrogen-bond donors (Lipinski definition) is 1. The van der Waals surface area contributed by atoms with E-state index >= 15 is 0 Å². The molecule has 1 aliphatic rings. The van der Waals surface area contributed by atoms with E-state index in [0.717, 1.165) is 6.54 Å². The van der Waals surface area contributed by atoms with Gasteiger partial charge in [-0.1, -0.05) is 31.2 Å². The molecule has 0 fully saturated rings. The molecular weight excluding hydrogens is 232 g/mol. The van der Waals surface area contributed by atoms with Gasteiger partial charge in [0.1, 0.15) is 0 Å². The highest BCUT2D eigenvalue weighted by Gasteiger charge is 2.28. The Balaban J connectivity index is 1.74. The van der Waals surface area contributed by atoms with Crippen molar-refractivity contribution in [2.75, 3.05) is 6.54 Å². The molecule has 1 aromatic heterocycles. The van der Waals surface area contributed by atoms with Crippen molar-refractivity contribution in [3.05, 3.63) is 65.5 Å². The second kappa shape index (κ2) is 5.54. The molecular formula is C17H20N2. The first-order chi connectivity index (χ1) is 9.38. The van der Waals surface area contributed by atoms with Gasteiger partial charge in [-0.25, -0.2) is 0 Å². The third-order valence-electron chi connectivity index (χ3n) is 4.04. The molecule has 2 unspecified atom stereocenters. The lowest BCUT2D eigenvalue weighted by atomic mass is 9.74. The smallest absolute Gasteiger partial charge is 0.0327 e. The summed E-state index contributed by atoms with van der Waals surface area (Å²) in [4.78, 5) is 4.11. The number of rotatable bonds is 5. The third kappa shape index (κ3) is 2.54. The predicted molar refractivity (Wildman–Crippen MR) is 78.2 cm³/mol. The van der Waals surface area contributed by atoms with Crippen molar-refractivity contribution >= 4 is 0 Å². The van der Waals surface area contributed by atoms with Gasteiger partial charge in [-0.15, -0.1) is 0 Å². The van der Waals surface area contributed by atoms with E-state index in [0.29, 0.717) is 12.0 Å². The van der Waals surface area contributed by atoms with Crippen molar-refractivity contribution in [2.45, 2.75) is 31.7 Å². The average molecular weight is 252 g/mol. The van der Waals surface area contributed by atoms with Crippen LogP contribution in [0.1, 0.15) is 42.0 Å². The summed E-state index contributed by atoms with van der Waals surface area (Å²) in [5.74, 6) is 0.702. The quantitative estimate of drug-likeness (QED) is 0.881. The van der Waals surface area contributed by atoms with Gasteiger partial charge in [-0.3, -0.25) is 4.98 Å². The standard InChI is InChI=1S/C17H20N2/c1-2-19-17(13-7-9-18-10-8-13)12-15-11-14-5-3-4-6-16(14)15/h3-10,15,17,19H,2,11-12H2,1H3. The van der Waals surface area contributed by atoms with Gasteiger partial charge in [0.15, 0.2) is 0 Å². The summed E-state index contributed by atoms with van der Waals surface area (Å²) in [6, 6.07) is 13.5. The van der Waals surface area contributed by atoms with Crippen LogP contribution in [0, 0.1) is 0 Å². The van der Waals surface area contributed by atoms with Gasteiger partial charge >= 0.3 is 0 Å². The Morgan fingerprint density at radius 1 is 1.21 bits per heavy atom. The Bertz CT molecular complexity index is 536. The lowest BCUT2D eigenvalue weighted by molar-refractivity contribution is 0.435. The molecule has 1 heterocycles. The Hall–Kier alpha value is -1.67. The van der Waals surface area contributed by atoms with Crippen molar-refractivity contribution in [1.82, 2.24) is 10.3 Å². The lowest BCUT2D eigenvalue weighted by Crippen LogP contribution is -2.27. The maximum Gasteiger partial charge on any atom is 0.0327 e. The second-order valence-corrected chi connectivity index (χ2v) is 5.23. The molecule has 98 valence electrons. The van der Waals surface area contributed by atoms with Gasteiger partial charge in [0, 0.05) is 18.4 Å². The van der Waals surface area contributed by atoms with E-state index < -0.39 is 0 Å². The minimum atomic E-state index is 0.436. The molecule has 2 nitrogen and oxygen atoms in total. The van der Waals surface area contributed by atoms with Gasteiger partial charge in [0.2, 0.25) is 0 Å². The molecule has 0 spiro atoms. The second-order valence-electron chi connectivity index (χ2n) is 5.23. The van der Waals surface area contributed by atoms with Crippen LogP contribution in [0.15, 0.2) is 48.8 Å². The number of benzene rings is 1. The topological polar surface area (TPSA) is 24.9 Å². The molecule has 19 heavy (non-hydrogen) atoms. The molecule has 2 heteroatoms. The summed E-state index contributed by atoms with van der Waals surface area (Å²) < 4.78 is 0. The van der Waals surface area contributed by atoms with Crippen LogP contribution in [0.3, 0.4) is 0 Å². The first-order valence-electron chi connectivity index (χ1n) is 7.09. The minimum absolute atomic E-state index is 0.436. The molecule has 0 saturated carbocycles. The van der Waals surface area contributed by atoms with Crippen LogP contribution in [0.4, 0.5) is 0 Å². The van der Waals surface area contributed by atoms with Crippen LogP contribution in [0.25, 0.3) is 0 Å². The monoisotopic (exact) mass is 252 g/mol. The predicted octanol–water partition coefficient (Wildman–Crippen LogP) is 3.46. The van der Waals surface area contributed by atoms with Crippen molar-refractivity contribution in [3.63, 3.8) is 0 Å². The van der Waals surface area contributed by atoms with Crippen LogP contribution < -0.4 is 5.32 Å². The fourth-order valence-corrected chi connectivity index (χ4v) is 3.04. The first kappa shape index (κ1) is 12.4. The summed E-state index contributed by atoms with van der Waals surface area (Å²) in [7, 11) is 0. The van der Waals surface area contributed by atoms with Crippen molar-refractivity contribution < 1.29 is 0 Å². The maximum absolute atomic E-state index is 4.11. The van der Waals surface area contributed by atoms with Crippen LogP contribution in [-0.4, -0.2) is 11.5 Å². The molecule has 2 atom stereocenters. The molecule has 0 amide bonds. The Labute approximate surface area is 114 Å². The normalized spacial score (nSPS) is 18.5. The van der Waals surface area contributed by atoms with E-state index in [9.17, 15) is 0 Å². The summed E-state index contributed by atoms with van der Waals surface area (Å²) in [6.45, 7) is 3.17. The average Bonchev–Trinajstić information content (AvgIpc) is 2.44. The largest absolute Gasteiger partial charge is 0.310 e. The van der Waals surface area contributed by atoms with Crippen molar-refractivity contribution in [2.24, 2.45) is 0 Å². The number of nitrogens with one attached hydrogen (secondary N) is 1. The number of nitrogens with zero attached hydrogens (tertiary/aromatic N) is 1. The van der Waals surface area contributed by atoms with Gasteiger partial charge in [0.25, 0.3) is 0 Å².